The minimum absolute atomic E-state index is 0.0720. The molecule has 0 saturated carbocycles. The highest BCUT2D eigenvalue weighted by Gasteiger charge is 2.24. The van der Waals surface area contributed by atoms with E-state index >= 15 is 0 Å². The van der Waals surface area contributed by atoms with Crippen LogP contribution in [-0.4, -0.2) is 27.6 Å². The molecular weight excluding hydrogens is 268 g/mol. The molecule has 0 atom stereocenters. The highest BCUT2D eigenvalue weighted by molar-refractivity contribution is 5.97. The molecule has 2 aromatic carbocycles. The summed E-state index contributed by atoms with van der Waals surface area (Å²) in [6.07, 6.45) is 0.741. The Morgan fingerprint density at radius 3 is 2.76 bits per heavy atom. The summed E-state index contributed by atoms with van der Waals surface area (Å²) in [4.78, 5) is 14.2. The van der Waals surface area contributed by atoms with Gasteiger partial charge in [0.25, 0.3) is 5.91 Å². The molecule has 4 N–H and O–H groups in total. The maximum Gasteiger partial charge on any atom is 0.257 e. The number of nitrogens with two attached hydrogens (primary N) is 1. The van der Waals surface area contributed by atoms with E-state index in [9.17, 15) is 15.0 Å². The summed E-state index contributed by atoms with van der Waals surface area (Å²) >= 11 is 0. The van der Waals surface area contributed by atoms with Crippen molar-refractivity contribution in [2.24, 2.45) is 0 Å². The van der Waals surface area contributed by atoms with Crippen LogP contribution in [0.25, 0.3) is 0 Å². The molecule has 0 spiro atoms. The first-order valence-electron chi connectivity index (χ1n) is 6.74. The van der Waals surface area contributed by atoms with Crippen LogP contribution >= 0.6 is 0 Å². The van der Waals surface area contributed by atoms with Crippen molar-refractivity contribution in [3.8, 4) is 11.5 Å². The molecule has 1 heterocycles. The monoisotopic (exact) mass is 284 g/mol. The summed E-state index contributed by atoms with van der Waals surface area (Å²) in [6, 6.07) is 9.74. The van der Waals surface area contributed by atoms with Gasteiger partial charge in [-0.2, -0.15) is 0 Å². The number of rotatable bonds is 1. The predicted molar refractivity (Wildman–Crippen MR) is 79.1 cm³/mol. The first-order valence-corrected chi connectivity index (χ1v) is 6.74. The standard InChI is InChI=1S/C16H16N2O3/c17-14-3-1-2-10-6-7-18(9-13(10)14)16(21)12-5-4-11(19)8-15(12)20/h1-5,8,19-20H,6-7,9,17H2. The van der Waals surface area contributed by atoms with Gasteiger partial charge in [-0.05, 0) is 35.7 Å². The summed E-state index contributed by atoms with van der Waals surface area (Å²) in [6.45, 7) is 1.01. The number of carbonyl (C=O) groups is 1. The molecule has 0 aliphatic carbocycles. The summed E-state index contributed by atoms with van der Waals surface area (Å²) < 4.78 is 0. The number of anilines is 1. The van der Waals surface area contributed by atoms with E-state index < -0.39 is 0 Å². The third-order valence-corrected chi connectivity index (χ3v) is 3.81. The molecule has 21 heavy (non-hydrogen) atoms. The fourth-order valence-corrected chi connectivity index (χ4v) is 2.65. The van der Waals surface area contributed by atoms with Crippen molar-refractivity contribution >= 4 is 11.6 Å². The van der Waals surface area contributed by atoms with Gasteiger partial charge in [-0.25, -0.2) is 0 Å². The van der Waals surface area contributed by atoms with Gasteiger partial charge in [0, 0.05) is 24.8 Å². The van der Waals surface area contributed by atoms with E-state index in [1.165, 1.54) is 18.2 Å². The molecule has 1 amide bonds. The highest BCUT2D eigenvalue weighted by atomic mass is 16.3. The topological polar surface area (TPSA) is 86.8 Å². The van der Waals surface area contributed by atoms with Crippen molar-refractivity contribution in [1.29, 1.82) is 0 Å². The van der Waals surface area contributed by atoms with E-state index in [4.69, 9.17) is 5.73 Å². The Hall–Kier alpha value is -2.69. The number of phenolic OH excluding ortho intramolecular Hbond substituents is 2. The number of nitrogen functional groups attached to an aromatic ring is 1. The second-order valence-electron chi connectivity index (χ2n) is 5.16. The van der Waals surface area contributed by atoms with Crippen LogP contribution in [-0.2, 0) is 13.0 Å². The van der Waals surface area contributed by atoms with Crippen LogP contribution in [0.2, 0.25) is 0 Å². The molecule has 3 rings (SSSR count). The Kier molecular flexibility index (Phi) is 3.17. The fourth-order valence-electron chi connectivity index (χ4n) is 2.65. The quantitative estimate of drug-likeness (QED) is 0.698. The van der Waals surface area contributed by atoms with E-state index in [1.54, 1.807) is 4.90 Å². The van der Waals surface area contributed by atoms with Crippen LogP contribution in [0, 0.1) is 0 Å². The summed E-state index contributed by atoms with van der Waals surface area (Å²) in [5.41, 5.74) is 8.97. The third kappa shape index (κ3) is 2.38. The molecule has 1 aliphatic rings. The van der Waals surface area contributed by atoms with Gasteiger partial charge in [-0.3, -0.25) is 4.79 Å². The number of hydrogen-bond acceptors (Lipinski definition) is 4. The summed E-state index contributed by atoms with van der Waals surface area (Å²) in [5.74, 6) is -0.550. The minimum Gasteiger partial charge on any atom is -0.508 e. The summed E-state index contributed by atoms with van der Waals surface area (Å²) in [7, 11) is 0. The third-order valence-electron chi connectivity index (χ3n) is 3.81. The average molecular weight is 284 g/mol. The molecule has 0 unspecified atom stereocenters. The minimum atomic E-state index is -0.263. The van der Waals surface area contributed by atoms with Gasteiger partial charge in [-0.15, -0.1) is 0 Å². The number of hydrogen-bond donors (Lipinski definition) is 3. The molecule has 0 saturated heterocycles. The van der Waals surface area contributed by atoms with Crippen molar-refractivity contribution < 1.29 is 15.0 Å². The number of amides is 1. The zero-order valence-electron chi connectivity index (χ0n) is 11.4. The molecular formula is C16H16N2O3. The van der Waals surface area contributed by atoms with E-state index in [2.05, 4.69) is 0 Å². The van der Waals surface area contributed by atoms with Gasteiger partial charge >= 0.3 is 0 Å². The number of phenols is 2. The van der Waals surface area contributed by atoms with Crippen LogP contribution in [0.15, 0.2) is 36.4 Å². The van der Waals surface area contributed by atoms with Gasteiger partial charge in [0.2, 0.25) is 0 Å². The molecule has 1 aliphatic heterocycles. The average Bonchev–Trinajstić information content (AvgIpc) is 2.47. The van der Waals surface area contributed by atoms with E-state index in [-0.39, 0.29) is 23.0 Å². The predicted octanol–water partition coefficient (Wildman–Crippen LogP) is 1.88. The van der Waals surface area contributed by atoms with Crippen molar-refractivity contribution in [2.75, 3.05) is 12.3 Å². The molecule has 5 heteroatoms. The second kappa shape index (κ2) is 5.01. The van der Waals surface area contributed by atoms with E-state index in [0.29, 0.717) is 18.8 Å². The summed E-state index contributed by atoms with van der Waals surface area (Å²) in [5, 5.41) is 19.1. The Morgan fingerprint density at radius 2 is 2.00 bits per heavy atom. The first-order chi connectivity index (χ1) is 10.1. The number of fused-ring (bicyclic) bond motifs is 1. The molecule has 108 valence electrons. The Morgan fingerprint density at radius 1 is 1.19 bits per heavy atom. The number of benzene rings is 2. The second-order valence-corrected chi connectivity index (χ2v) is 5.16. The zero-order chi connectivity index (χ0) is 15.0. The maximum atomic E-state index is 12.5. The zero-order valence-corrected chi connectivity index (χ0v) is 11.4. The lowest BCUT2D eigenvalue weighted by Gasteiger charge is -2.30. The lowest BCUT2D eigenvalue weighted by molar-refractivity contribution is 0.0732. The largest absolute Gasteiger partial charge is 0.508 e. The van der Waals surface area contributed by atoms with Crippen LogP contribution in [0.4, 0.5) is 5.69 Å². The fraction of sp³-hybridized carbons (Fsp3) is 0.188. The van der Waals surface area contributed by atoms with Gasteiger partial charge in [-0.1, -0.05) is 12.1 Å². The molecule has 5 nitrogen and oxygen atoms in total. The van der Waals surface area contributed by atoms with Crippen LogP contribution in [0.5, 0.6) is 11.5 Å². The Balaban J connectivity index is 1.89. The molecule has 0 fully saturated rings. The number of nitrogens with zero attached hydrogens (tertiary/aromatic N) is 1. The highest BCUT2D eigenvalue weighted by Crippen LogP contribution is 2.28. The Labute approximate surface area is 122 Å². The number of carbonyl (C=O) groups excluding carboxylic acids is 1. The lowest BCUT2D eigenvalue weighted by atomic mass is 9.97. The van der Waals surface area contributed by atoms with Gasteiger partial charge < -0.3 is 20.8 Å². The first kappa shape index (κ1) is 13.3. The van der Waals surface area contributed by atoms with Crippen molar-refractivity contribution in [1.82, 2.24) is 4.90 Å². The van der Waals surface area contributed by atoms with Crippen LogP contribution < -0.4 is 5.73 Å². The SMILES string of the molecule is Nc1cccc2c1CN(C(=O)c1ccc(O)cc1O)CC2. The van der Waals surface area contributed by atoms with Crippen LogP contribution in [0.3, 0.4) is 0 Å². The maximum absolute atomic E-state index is 12.5. The van der Waals surface area contributed by atoms with Crippen molar-refractivity contribution in [2.45, 2.75) is 13.0 Å². The number of aromatic hydroxyl groups is 2. The van der Waals surface area contributed by atoms with Crippen molar-refractivity contribution in [3.05, 3.63) is 53.1 Å². The molecule has 0 radical (unpaired) electrons. The van der Waals surface area contributed by atoms with Gasteiger partial charge in [0.15, 0.2) is 0 Å². The molecule has 0 aromatic heterocycles. The smallest absolute Gasteiger partial charge is 0.257 e. The molecule has 2 aromatic rings. The normalized spacial score (nSPS) is 13.8. The lowest BCUT2D eigenvalue weighted by Crippen LogP contribution is -2.36. The Bertz CT molecular complexity index is 713. The van der Waals surface area contributed by atoms with E-state index in [1.807, 2.05) is 18.2 Å². The van der Waals surface area contributed by atoms with Gasteiger partial charge in [0.05, 0.1) is 5.56 Å². The van der Waals surface area contributed by atoms with E-state index in [0.717, 1.165) is 17.5 Å². The van der Waals surface area contributed by atoms with Crippen LogP contribution in [0.1, 0.15) is 21.5 Å². The van der Waals surface area contributed by atoms with Crippen molar-refractivity contribution in [3.63, 3.8) is 0 Å². The van der Waals surface area contributed by atoms with Gasteiger partial charge in [0.1, 0.15) is 11.5 Å². The molecule has 0 bridgehead atoms.